The predicted octanol–water partition coefficient (Wildman–Crippen LogP) is -1.42. The van der Waals surface area contributed by atoms with E-state index in [1.165, 1.54) is 0 Å². The lowest BCUT2D eigenvalue weighted by molar-refractivity contribution is -0.000925. The summed E-state index contributed by atoms with van der Waals surface area (Å²) >= 11 is 0. The molecule has 0 aromatic rings. The van der Waals surface area contributed by atoms with Crippen LogP contribution >= 0.6 is 0 Å². The summed E-state index contributed by atoms with van der Waals surface area (Å²) in [5.74, 6) is -0.433. The Kier molecular flexibility index (Phi) is 3.49. The van der Waals surface area contributed by atoms with Gasteiger partial charge in [0.25, 0.3) is 0 Å². The standard InChI is InChI=1S/C7H15NO5S/c1-4-2-5(7(10)6(4)9)3-13-14(8,11)12/h4-7,9-10H,2-3H2,1H3,(H2,8,11,12)/t4-,5-,6+,7-/m1/s1. The van der Waals surface area contributed by atoms with Crippen molar-refractivity contribution < 1.29 is 22.8 Å². The lowest BCUT2D eigenvalue weighted by Gasteiger charge is -2.15. The Morgan fingerprint density at radius 2 is 2.00 bits per heavy atom. The second-order valence-electron chi connectivity index (χ2n) is 3.73. The fourth-order valence-electron chi connectivity index (χ4n) is 1.72. The molecule has 0 aliphatic heterocycles. The summed E-state index contributed by atoms with van der Waals surface area (Å²) in [6.07, 6.45) is -1.23. The van der Waals surface area contributed by atoms with Crippen LogP contribution < -0.4 is 5.14 Å². The summed E-state index contributed by atoms with van der Waals surface area (Å²) in [4.78, 5) is 0. The molecule has 0 bridgehead atoms. The molecule has 0 heterocycles. The molecule has 0 aromatic carbocycles. The van der Waals surface area contributed by atoms with Crippen molar-refractivity contribution in [2.24, 2.45) is 17.0 Å². The van der Waals surface area contributed by atoms with E-state index in [1.54, 1.807) is 6.92 Å². The molecule has 6 nitrogen and oxygen atoms in total. The van der Waals surface area contributed by atoms with E-state index in [2.05, 4.69) is 9.32 Å². The second kappa shape index (κ2) is 4.11. The summed E-state index contributed by atoms with van der Waals surface area (Å²) < 4.78 is 25.3. The number of aliphatic hydroxyl groups is 2. The van der Waals surface area contributed by atoms with Gasteiger partial charge in [0.15, 0.2) is 0 Å². The summed E-state index contributed by atoms with van der Waals surface area (Å²) in [6, 6.07) is 0. The second-order valence-corrected chi connectivity index (χ2v) is 4.95. The minimum absolute atomic E-state index is 0.0564. The van der Waals surface area contributed by atoms with Crippen LogP contribution in [-0.2, 0) is 14.5 Å². The first-order valence-corrected chi connectivity index (χ1v) is 5.81. The zero-order valence-electron chi connectivity index (χ0n) is 7.83. The third-order valence-corrected chi connectivity index (χ3v) is 3.00. The van der Waals surface area contributed by atoms with Crippen LogP contribution in [0.1, 0.15) is 13.3 Å². The van der Waals surface area contributed by atoms with Gasteiger partial charge in [-0.3, -0.25) is 4.18 Å². The zero-order chi connectivity index (χ0) is 10.9. The Labute approximate surface area is 82.9 Å². The van der Waals surface area contributed by atoms with E-state index in [9.17, 15) is 18.6 Å². The van der Waals surface area contributed by atoms with E-state index in [0.717, 1.165) is 0 Å². The summed E-state index contributed by atoms with van der Waals surface area (Å²) in [5, 5.41) is 23.5. The van der Waals surface area contributed by atoms with E-state index in [4.69, 9.17) is 0 Å². The van der Waals surface area contributed by atoms with Gasteiger partial charge in [0, 0.05) is 5.92 Å². The number of nitrogens with two attached hydrogens (primary N) is 1. The maximum absolute atomic E-state index is 10.5. The Hall–Kier alpha value is -0.210. The highest BCUT2D eigenvalue weighted by atomic mass is 32.2. The van der Waals surface area contributed by atoms with Gasteiger partial charge < -0.3 is 10.2 Å². The van der Waals surface area contributed by atoms with Gasteiger partial charge in [-0.05, 0) is 12.3 Å². The molecule has 0 spiro atoms. The molecule has 0 unspecified atom stereocenters. The Balaban J connectivity index is 2.48. The van der Waals surface area contributed by atoms with Crippen molar-refractivity contribution in [3.8, 4) is 0 Å². The number of aliphatic hydroxyl groups excluding tert-OH is 2. The monoisotopic (exact) mass is 225 g/mol. The van der Waals surface area contributed by atoms with Gasteiger partial charge in [-0.2, -0.15) is 8.42 Å². The summed E-state index contributed by atoms with van der Waals surface area (Å²) in [5.41, 5.74) is 0. The van der Waals surface area contributed by atoms with Gasteiger partial charge in [0.2, 0.25) is 0 Å². The maximum Gasteiger partial charge on any atom is 0.333 e. The van der Waals surface area contributed by atoms with Crippen LogP contribution in [0.2, 0.25) is 0 Å². The van der Waals surface area contributed by atoms with Gasteiger partial charge in [-0.1, -0.05) is 6.92 Å². The molecule has 0 amide bonds. The molecule has 0 aromatic heterocycles. The van der Waals surface area contributed by atoms with E-state index < -0.39 is 22.5 Å². The van der Waals surface area contributed by atoms with E-state index in [-0.39, 0.29) is 18.4 Å². The van der Waals surface area contributed by atoms with Crippen LogP contribution in [0.3, 0.4) is 0 Å². The van der Waals surface area contributed by atoms with Gasteiger partial charge >= 0.3 is 10.3 Å². The van der Waals surface area contributed by atoms with Crippen molar-refractivity contribution in [3.63, 3.8) is 0 Å². The minimum atomic E-state index is -3.96. The lowest BCUT2D eigenvalue weighted by atomic mass is 10.1. The highest BCUT2D eigenvalue weighted by molar-refractivity contribution is 7.84. The molecule has 1 fully saturated rings. The van der Waals surface area contributed by atoms with Gasteiger partial charge in [0.1, 0.15) is 0 Å². The average molecular weight is 225 g/mol. The predicted molar refractivity (Wildman–Crippen MR) is 48.3 cm³/mol. The molecular weight excluding hydrogens is 210 g/mol. The normalized spacial score (nSPS) is 38.9. The van der Waals surface area contributed by atoms with Crippen molar-refractivity contribution in [1.29, 1.82) is 0 Å². The molecule has 1 saturated carbocycles. The van der Waals surface area contributed by atoms with Crippen molar-refractivity contribution in [3.05, 3.63) is 0 Å². The van der Waals surface area contributed by atoms with Crippen molar-refractivity contribution in [1.82, 2.24) is 0 Å². The average Bonchev–Trinajstić information content (AvgIpc) is 2.28. The fourth-order valence-corrected chi connectivity index (χ4v) is 2.09. The number of rotatable bonds is 3. The summed E-state index contributed by atoms with van der Waals surface area (Å²) in [7, 11) is -3.96. The topological polar surface area (TPSA) is 110 Å². The third kappa shape index (κ3) is 2.89. The van der Waals surface area contributed by atoms with E-state index in [1.807, 2.05) is 0 Å². The van der Waals surface area contributed by atoms with Gasteiger partial charge in [-0.25, -0.2) is 5.14 Å². The van der Waals surface area contributed by atoms with Crippen LogP contribution in [0, 0.1) is 11.8 Å². The Bertz CT molecular complexity index is 290. The van der Waals surface area contributed by atoms with Crippen molar-refractivity contribution in [2.45, 2.75) is 25.6 Å². The number of hydrogen-bond donors (Lipinski definition) is 3. The molecule has 84 valence electrons. The SMILES string of the molecule is C[C@@H]1C[C@H](COS(N)(=O)=O)[C@@H](O)[C@H]1O. The molecule has 0 saturated heterocycles. The van der Waals surface area contributed by atoms with Crippen LogP contribution in [0.5, 0.6) is 0 Å². The van der Waals surface area contributed by atoms with Crippen LogP contribution in [0.4, 0.5) is 0 Å². The molecule has 1 aliphatic rings. The largest absolute Gasteiger partial charge is 0.390 e. The maximum atomic E-state index is 10.5. The zero-order valence-corrected chi connectivity index (χ0v) is 8.64. The van der Waals surface area contributed by atoms with Crippen molar-refractivity contribution >= 4 is 10.3 Å². The molecular formula is C7H15NO5S. The Morgan fingerprint density at radius 3 is 2.36 bits per heavy atom. The van der Waals surface area contributed by atoms with Crippen molar-refractivity contribution in [2.75, 3.05) is 6.61 Å². The molecule has 0 radical (unpaired) electrons. The van der Waals surface area contributed by atoms with E-state index in [0.29, 0.717) is 6.42 Å². The molecule has 14 heavy (non-hydrogen) atoms. The molecule has 1 aliphatic carbocycles. The van der Waals surface area contributed by atoms with Crippen LogP contribution in [-0.4, -0.2) is 37.4 Å². The fraction of sp³-hybridized carbons (Fsp3) is 1.00. The molecule has 1 rings (SSSR count). The third-order valence-electron chi connectivity index (χ3n) is 2.54. The first-order chi connectivity index (χ1) is 6.31. The lowest BCUT2D eigenvalue weighted by Crippen LogP contribution is -2.30. The highest BCUT2D eigenvalue weighted by Gasteiger charge is 2.39. The Morgan fingerprint density at radius 1 is 1.43 bits per heavy atom. The molecule has 4 atom stereocenters. The first-order valence-electron chi connectivity index (χ1n) is 4.34. The molecule has 7 heteroatoms. The van der Waals surface area contributed by atoms with Crippen LogP contribution in [0.25, 0.3) is 0 Å². The van der Waals surface area contributed by atoms with Gasteiger partial charge in [-0.15, -0.1) is 0 Å². The summed E-state index contributed by atoms with van der Waals surface area (Å²) in [6.45, 7) is 1.60. The molecule has 4 N–H and O–H groups in total. The highest BCUT2D eigenvalue weighted by Crippen LogP contribution is 2.31. The quantitative estimate of drug-likeness (QED) is 0.546. The van der Waals surface area contributed by atoms with Crippen LogP contribution in [0.15, 0.2) is 0 Å². The smallest absolute Gasteiger partial charge is 0.333 e. The van der Waals surface area contributed by atoms with Gasteiger partial charge in [0.05, 0.1) is 18.8 Å². The minimum Gasteiger partial charge on any atom is -0.390 e. The number of hydrogen-bond acceptors (Lipinski definition) is 5. The van der Waals surface area contributed by atoms with E-state index >= 15 is 0 Å². The first kappa shape index (κ1) is 11.9.